The molecule has 7 heteroatoms. The molecule has 1 fully saturated rings. The van der Waals surface area contributed by atoms with Gasteiger partial charge in [0.15, 0.2) is 0 Å². The number of fused-ring (bicyclic) bond motifs is 1. The largest absolute Gasteiger partial charge is 0.481 e. The molecule has 0 radical (unpaired) electrons. The number of hydrogen-bond donors (Lipinski definition) is 1. The lowest BCUT2D eigenvalue weighted by molar-refractivity contribution is -0.143. The first kappa shape index (κ1) is 15.8. The van der Waals surface area contributed by atoms with Crippen LogP contribution in [0.2, 0.25) is 5.02 Å². The predicted octanol–water partition coefficient (Wildman–Crippen LogP) is 2.49. The Labute approximate surface area is 138 Å². The zero-order chi connectivity index (χ0) is 16.6. The number of rotatable bonds is 3. The van der Waals surface area contributed by atoms with Crippen LogP contribution >= 0.6 is 11.6 Å². The second kappa shape index (κ2) is 6.20. The summed E-state index contributed by atoms with van der Waals surface area (Å²) in [4.78, 5) is 30.1. The molecule has 0 atom stereocenters. The van der Waals surface area contributed by atoms with Crippen molar-refractivity contribution in [2.24, 2.45) is 5.92 Å². The minimum Gasteiger partial charge on any atom is -0.481 e. The van der Waals surface area contributed by atoms with E-state index in [1.54, 1.807) is 27.6 Å². The first-order valence-electron chi connectivity index (χ1n) is 7.69. The number of amides is 1. The van der Waals surface area contributed by atoms with E-state index >= 15 is 0 Å². The average Bonchev–Trinajstić information content (AvgIpc) is 2.91. The topological polar surface area (TPSA) is 74.9 Å². The van der Waals surface area contributed by atoms with Crippen LogP contribution < -0.4 is 0 Å². The Morgan fingerprint density at radius 2 is 2.09 bits per heavy atom. The van der Waals surface area contributed by atoms with E-state index in [1.807, 2.05) is 6.92 Å². The Bertz CT molecular complexity index is 763. The molecule has 0 aliphatic carbocycles. The average molecular weight is 336 g/mol. The van der Waals surface area contributed by atoms with E-state index in [4.69, 9.17) is 16.7 Å². The van der Waals surface area contributed by atoms with E-state index in [9.17, 15) is 9.59 Å². The van der Waals surface area contributed by atoms with Crippen molar-refractivity contribution in [1.29, 1.82) is 0 Å². The van der Waals surface area contributed by atoms with Crippen LogP contribution in [0.1, 0.15) is 35.9 Å². The second-order valence-electron chi connectivity index (χ2n) is 5.74. The molecule has 0 spiro atoms. The molecule has 1 amide bonds. The smallest absolute Gasteiger partial charge is 0.306 e. The number of aromatic nitrogens is 2. The number of pyridine rings is 1. The third-order valence-electron chi connectivity index (χ3n) is 4.33. The third-order valence-corrected chi connectivity index (χ3v) is 4.56. The van der Waals surface area contributed by atoms with Gasteiger partial charge in [0.2, 0.25) is 0 Å². The van der Waals surface area contributed by atoms with E-state index in [0.29, 0.717) is 48.7 Å². The Morgan fingerprint density at radius 3 is 2.70 bits per heavy atom. The molecule has 1 N–H and O–H groups in total. The van der Waals surface area contributed by atoms with Crippen molar-refractivity contribution in [2.45, 2.75) is 26.2 Å². The molecule has 3 rings (SSSR count). The van der Waals surface area contributed by atoms with Crippen LogP contribution in [-0.4, -0.2) is 44.4 Å². The standard InChI is InChI=1S/C16H18ClN3O3/c1-2-12-14(20-8-5-11(17)9-13(20)18-12)15(21)19-6-3-10(4-7-19)16(22)23/h5,8-10H,2-4,6-7H2,1H3,(H,22,23). The Morgan fingerprint density at radius 1 is 1.39 bits per heavy atom. The van der Waals surface area contributed by atoms with Gasteiger partial charge in [-0.15, -0.1) is 0 Å². The van der Waals surface area contributed by atoms with E-state index < -0.39 is 5.97 Å². The van der Waals surface area contributed by atoms with Gasteiger partial charge in [-0.1, -0.05) is 18.5 Å². The maximum Gasteiger partial charge on any atom is 0.306 e. The number of aliphatic carboxylic acids is 1. The molecule has 2 aromatic heterocycles. The third kappa shape index (κ3) is 2.91. The van der Waals surface area contributed by atoms with Crippen LogP contribution in [0.25, 0.3) is 5.65 Å². The van der Waals surface area contributed by atoms with Crippen molar-refractivity contribution >= 4 is 29.1 Å². The molecule has 3 heterocycles. The molecule has 1 aliphatic heterocycles. The minimum absolute atomic E-state index is 0.0967. The van der Waals surface area contributed by atoms with Crippen LogP contribution in [0.3, 0.4) is 0 Å². The number of carbonyl (C=O) groups excluding carboxylic acids is 1. The van der Waals surface area contributed by atoms with Crippen LogP contribution in [0, 0.1) is 5.92 Å². The SMILES string of the molecule is CCc1nc2cc(Cl)ccn2c1C(=O)N1CCC(C(=O)O)CC1. The number of aryl methyl sites for hydroxylation is 1. The van der Waals surface area contributed by atoms with E-state index in [-0.39, 0.29) is 11.8 Å². The number of carbonyl (C=O) groups is 2. The molecule has 0 bridgehead atoms. The van der Waals surface area contributed by atoms with Crippen LogP contribution in [0.15, 0.2) is 18.3 Å². The lowest BCUT2D eigenvalue weighted by Crippen LogP contribution is -2.41. The Kier molecular flexibility index (Phi) is 4.26. The van der Waals surface area contributed by atoms with E-state index in [1.165, 1.54) is 0 Å². The summed E-state index contributed by atoms with van der Waals surface area (Å²) < 4.78 is 1.76. The first-order chi connectivity index (χ1) is 11.0. The maximum absolute atomic E-state index is 12.9. The number of likely N-dealkylation sites (tertiary alicyclic amines) is 1. The molecule has 1 saturated heterocycles. The van der Waals surface area contributed by atoms with Gasteiger partial charge in [0.1, 0.15) is 11.3 Å². The monoisotopic (exact) mass is 335 g/mol. The maximum atomic E-state index is 12.9. The Hall–Kier alpha value is -2.08. The van der Waals surface area contributed by atoms with Crippen molar-refractivity contribution in [3.63, 3.8) is 0 Å². The predicted molar refractivity (Wildman–Crippen MR) is 85.8 cm³/mol. The molecular weight excluding hydrogens is 318 g/mol. The van der Waals surface area contributed by atoms with Gasteiger partial charge in [0, 0.05) is 30.4 Å². The van der Waals surface area contributed by atoms with Gasteiger partial charge >= 0.3 is 5.97 Å². The summed E-state index contributed by atoms with van der Waals surface area (Å²) in [5.74, 6) is -1.23. The highest BCUT2D eigenvalue weighted by atomic mass is 35.5. The molecule has 23 heavy (non-hydrogen) atoms. The molecular formula is C16H18ClN3O3. The highest BCUT2D eigenvalue weighted by Crippen LogP contribution is 2.23. The van der Waals surface area contributed by atoms with Gasteiger partial charge in [0.05, 0.1) is 11.6 Å². The number of piperidine rings is 1. The van der Waals surface area contributed by atoms with Gasteiger partial charge in [-0.2, -0.15) is 0 Å². The quantitative estimate of drug-likeness (QED) is 0.935. The molecule has 6 nitrogen and oxygen atoms in total. The normalized spacial score (nSPS) is 16.0. The fourth-order valence-corrected chi connectivity index (χ4v) is 3.17. The van der Waals surface area contributed by atoms with Crippen molar-refractivity contribution in [1.82, 2.24) is 14.3 Å². The van der Waals surface area contributed by atoms with Gasteiger partial charge in [-0.25, -0.2) is 4.98 Å². The summed E-state index contributed by atoms with van der Waals surface area (Å²) in [6.45, 7) is 2.87. The fraction of sp³-hybridized carbons (Fsp3) is 0.438. The summed E-state index contributed by atoms with van der Waals surface area (Å²) in [6, 6.07) is 3.46. The molecule has 0 unspecified atom stereocenters. The minimum atomic E-state index is -0.782. The molecule has 122 valence electrons. The van der Waals surface area contributed by atoms with Crippen molar-refractivity contribution in [2.75, 3.05) is 13.1 Å². The summed E-state index contributed by atoms with van der Waals surface area (Å²) in [5, 5.41) is 9.64. The first-order valence-corrected chi connectivity index (χ1v) is 8.07. The fourth-order valence-electron chi connectivity index (χ4n) is 3.02. The molecule has 0 aromatic carbocycles. The lowest BCUT2D eigenvalue weighted by atomic mass is 9.97. The zero-order valence-corrected chi connectivity index (χ0v) is 13.6. The van der Waals surface area contributed by atoms with Crippen molar-refractivity contribution in [3.05, 3.63) is 34.7 Å². The van der Waals surface area contributed by atoms with Gasteiger partial charge < -0.3 is 10.0 Å². The second-order valence-corrected chi connectivity index (χ2v) is 6.17. The van der Waals surface area contributed by atoms with E-state index in [0.717, 1.165) is 5.69 Å². The van der Waals surface area contributed by atoms with Gasteiger partial charge in [-0.05, 0) is 25.3 Å². The number of halogens is 1. The van der Waals surface area contributed by atoms with Crippen molar-refractivity contribution in [3.8, 4) is 0 Å². The van der Waals surface area contributed by atoms with Gasteiger partial charge in [0.25, 0.3) is 5.91 Å². The van der Waals surface area contributed by atoms with E-state index in [2.05, 4.69) is 4.98 Å². The number of hydrogen-bond acceptors (Lipinski definition) is 3. The number of imidazole rings is 1. The highest BCUT2D eigenvalue weighted by Gasteiger charge is 2.30. The number of nitrogens with zero attached hydrogens (tertiary/aromatic N) is 3. The summed E-state index contributed by atoms with van der Waals surface area (Å²) >= 11 is 5.99. The lowest BCUT2D eigenvalue weighted by Gasteiger charge is -2.30. The highest BCUT2D eigenvalue weighted by molar-refractivity contribution is 6.30. The molecule has 2 aromatic rings. The van der Waals surface area contributed by atoms with Crippen LogP contribution in [-0.2, 0) is 11.2 Å². The van der Waals surface area contributed by atoms with Crippen LogP contribution in [0.5, 0.6) is 0 Å². The van der Waals surface area contributed by atoms with Crippen LogP contribution in [0.4, 0.5) is 0 Å². The number of carboxylic acid groups (broad SMARTS) is 1. The Balaban J connectivity index is 1.90. The molecule has 1 aliphatic rings. The summed E-state index contributed by atoms with van der Waals surface area (Å²) in [7, 11) is 0. The zero-order valence-electron chi connectivity index (χ0n) is 12.8. The van der Waals surface area contributed by atoms with Gasteiger partial charge in [-0.3, -0.25) is 14.0 Å². The number of carboxylic acids is 1. The summed E-state index contributed by atoms with van der Waals surface area (Å²) in [5.41, 5.74) is 1.93. The molecule has 0 saturated carbocycles. The van der Waals surface area contributed by atoms with Crippen molar-refractivity contribution < 1.29 is 14.7 Å². The summed E-state index contributed by atoms with van der Waals surface area (Å²) in [6.07, 6.45) is 3.38.